The van der Waals surface area contributed by atoms with E-state index >= 15 is 0 Å². The summed E-state index contributed by atoms with van der Waals surface area (Å²) in [7, 11) is 0. The van der Waals surface area contributed by atoms with Gasteiger partial charge >= 0.3 is 0 Å². The van der Waals surface area contributed by atoms with Gasteiger partial charge in [-0.1, -0.05) is 18.2 Å². The van der Waals surface area contributed by atoms with Gasteiger partial charge in [0.15, 0.2) is 0 Å². The summed E-state index contributed by atoms with van der Waals surface area (Å²) >= 11 is 0. The number of halogens is 1. The van der Waals surface area contributed by atoms with Gasteiger partial charge in [-0.2, -0.15) is 0 Å². The monoisotopic (exact) mass is 330 g/mol. The molecular weight excluding hydrogens is 308 g/mol. The largest absolute Gasteiger partial charge is 0.489 e. The lowest BCUT2D eigenvalue weighted by Crippen LogP contribution is -2.52. The number of nitrogens with one attached hydrogen (secondary N) is 1. The number of hydrogen-bond donors (Lipinski definition) is 1. The molecule has 0 unspecified atom stereocenters. The fourth-order valence-electron chi connectivity index (χ4n) is 3.52. The second kappa shape index (κ2) is 7.24. The zero-order valence-corrected chi connectivity index (χ0v) is 14.0. The van der Waals surface area contributed by atoms with Crippen molar-refractivity contribution in [2.45, 2.75) is 18.9 Å². The third kappa shape index (κ3) is 3.80. The third-order valence-corrected chi connectivity index (χ3v) is 4.80. The Balaban J connectivity index is 0.00000156. The molecule has 1 N–H and O–H groups in total. The van der Waals surface area contributed by atoms with Crippen LogP contribution < -0.4 is 10.1 Å². The van der Waals surface area contributed by atoms with Crippen LogP contribution in [0.1, 0.15) is 12.8 Å². The van der Waals surface area contributed by atoms with Crippen LogP contribution in [0.4, 0.5) is 11.4 Å². The van der Waals surface area contributed by atoms with Gasteiger partial charge < -0.3 is 10.1 Å². The molecule has 3 heterocycles. The summed E-state index contributed by atoms with van der Waals surface area (Å²) in [5.41, 5.74) is 2.20. The van der Waals surface area contributed by atoms with Gasteiger partial charge in [0.25, 0.3) is 0 Å². The first-order valence-electron chi connectivity index (χ1n) is 8.18. The molecule has 2 aromatic rings. The van der Waals surface area contributed by atoms with Crippen molar-refractivity contribution in [3.05, 3.63) is 54.6 Å². The molecule has 0 saturated carbocycles. The quantitative estimate of drug-likeness (QED) is 0.903. The van der Waals surface area contributed by atoms with Gasteiger partial charge in [0, 0.05) is 17.9 Å². The average Bonchev–Trinajstić information content (AvgIpc) is 2.59. The third-order valence-electron chi connectivity index (χ3n) is 4.80. The van der Waals surface area contributed by atoms with E-state index in [2.05, 4.69) is 46.6 Å². The number of fused-ring (bicyclic) bond motifs is 3. The van der Waals surface area contributed by atoms with E-state index in [0.717, 1.165) is 29.6 Å². The number of anilines is 2. The Labute approximate surface area is 144 Å². The van der Waals surface area contributed by atoms with E-state index in [1.807, 2.05) is 18.2 Å². The molecule has 4 heteroatoms. The maximum absolute atomic E-state index is 6.22. The van der Waals surface area contributed by atoms with Crippen molar-refractivity contribution in [2.75, 3.05) is 25.0 Å². The van der Waals surface area contributed by atoms with Gasteiger partial charge in [0.05, 0.1) is 0 Å². The lowest BCUT2D eigenvalue weighted by molar-refractivity contribution is -0.00775. The van der Waals surface area contributed by atoms with Gasteiger partial charge in [-0.05, 0) is 68.2 Å². The van der Waals surface area contributed by atoms with E-state index < -0.39 is 0 Å². The summed E-state index contributed by atoms with van der Waals surface area (Å²) in [6.07, 6.45) is 2.95. The molecule has 23 heavy (non-hydrogen) atoms. The molecule has 2 bridgehead atoms. The first-order valence-corrected chi connectivity index (χ1v) is 8.18. The Morgan fingerprint density at radius 1 is 0.870 bits per heavy atom. The van der Waals surface area contributed by atoms with Crippen molar-refractivity contribution >= 4 is 23.8 Å². The molecule has 1 atom stereocenters. The second-order valence-corrected chi connectivity index (χ2v) is 6.31. The second-order valence-electron chi connectivity index (χ2n) is 6.31. The molecule has 3 saturated heterocycles. The van der Waals surface area contributed by atoms with Crippen LogP contribution in [-0.4, -0.2) is 30.6 Å². The van der Waals surface area contributed by atoms with Crippen LogP contribution in [0.15, 0.2) is 54.6 Å². The highest BCUT2D eigenvalue weighted by atomic mass is 35.5. The minimum atomic E-state index is 0. The predicted octanol–water partition coefficient (Wildman–Crippen LogP) is 4.33. The van der Waals surface area contributed by atoms with Crippen LogP contribution >= 0.6 is 12.4 Å². The van der Waals surface area contributed by atoms with E-state index in [1.165, 1.54) is 25.9 Å². The minimum absolute atomic E-state index is 0. The van der Waals surface area contributed by atoms with Crippen LogP contribution in [-0.2, 0) is 0 Å². The van der Waals surface area contributed by atoms with Crippen molar-refractivity contribution in [1.29, 1.82) is 0 Å². The maximum atomic E-state index is 6.22. The summed E-state index contributed by atoms with van der Waals surface area (Å²) in [6.45, 7) is 3.60. The summed E-state index contributed by atoms with van der Waals surface area (Å²) in [4.78, 5) is 2.52. The lowest BCUT2D eigenvalue weighted by Gasteiger charge is -2.44. The number of rotatable bonds is 4. The van der Waals surface area contributed by atoms with Crippen molar-refractivity contribution in [2.24, 2.45) is 5.92 Å². The van der Waals surface area contributed by atoms with E-state index in [0.29, 0.717) is 6.10 Å². The Bertz CT molecular complexity index is 609. The number of piperidine rings is 3. The van der Waals surface area contributed by atoms with Crippen LogP contribution in [0.5, 0.6) is 5.75 Å². The Morgan fingerprint density at radius 3 is 2.13 bits per heavy atom. The smallest absolute Gasteiger partial charge is 0.119 e. The SMILES string of the molecule is Cl.c1ccc(Nc2ccc(O[C@H]3CN4CCC3CC4)cc2)cc1. The minimum Gasteiger partial charge on any atom is -0.489 e. The number of para-hydroxylation sites is 1. The summed E-state index contributed by atoms with van der Waals surface area (Å²) in [5, 5.41) is 3.40. The molecule has 0 aromatic heterocycles. The van der Waals surface area contributed by atoms with Crippen LogP contribution in [0, 0.1) is 5.92 Å². The van der Waals surface area contributed by atoms with E-state index in [-0.39, 0.29) is 12.4 Å². The number of hydrogen-bond acceptors (Lipinski definition) is 3. The molecule has 3 aliphatic rings. The molecule has 0 spiro atoms. The first-order chi connectivity index (χ1) is 10.9. The highest BCUT2D eigenvalue weighted by molar-refractivity contribution is 5.85. The summed E-state index contributed by atoms with van der Waals surface area (Å²) in [5.74, 6) is 1.73. The molecular formula is C19H23ClN2O. The zero-order chi connectivity index (χ0) is 14.8. The van der Waals surface area contributed by atoms with Crippen molar-refractivity contribution in [1.82, 2.24) is 4.90 Å². The average molecular weight is 331 g/mol. The molecule has 3 nitrogen and oxygen atoms in total. The fraction of sp³-hybridized carbons (Fsp3) is 0.368. The Kier molecular flexibility index (Phi) is 5.09. The van der Waals surface area contributed by atoms with Crippen LogP contribution in [0.2, 0.25) is 0 Å². The molecule has 0 aliphatic carbocycles. The molecule has 3 fully saturated rings. The fourth-order valence-corrected chi connectivity index (χ4v) is 3.52. The van der Waals surface area contributed by atoms with Gasteiger partial charge in [-0.25, -0.2) is 0 Å². The topological polar surface area (TPSA) is 24.5 Å². The molecule has 2 aromatic carbocycles. The van der Waals surface area contributed by atoms with E-state index in [1.54, 1.807) is 0 Å². The predicted molar refractivity (Wildman–Crippen MR) is 97.0 cm³/mol. The summed E-state index contributed by atoms with van der Waals surface area (Å²) in [6, 6.07) is 18.5. The number of nitrogens with zero attached hydrogens (tertiary/aromatic N) is 1. The van der Waals surface area contributed by atoms with Crippen molar-refractivity contribution in [3.63, 3.8) is 0 Å². The van der Waals surface area contributed by atoms with Gasteiger partial charge in [-0.15, -0.1) is 12.4 Å². The Morgan fingerprint density at radius 2 is 1.52 bits per heavy atom. The Hall–Kier alpha value is -1.71. The van der Waals surface area contributed by atoms with Gasteiger partial charge in [-0.3, -0.25) is 4.90 Å². The molecule has 0 amide bonds. The standard InChI is InChI=1S/C19H22N2O.ClH/c1-2-4-16(5-3-1)20-17-6-8-18(9-7-17)22-19-14-21-12-10-15(19)11-13-21;/h1-9,15,19-20H,10-14H2;1H/t19-;/m0./s1. The molecule has 122 valence electrons. The van der Waals surface area contributed by atoms with E-state index in [4.69, 9.17) is 4.74 Å². The first kappa shape index (κ1) is 16.2. The lowest BCUT2D eigenvalue weighted by atomic mass is 9.86. The van der Waals surface area contributed by atoms with E-state index in [9.17, 15) is 0 Å². The number of ether oxygens (including phenoxy) is 1. The zero-order valence-electron chi connectivity index (χ0n) is 13.2. The van der Waals surface area contributed by atoms with Crippen molar-refractivity contribution in [3.8, 4) is 5.75 Å². The number of benzene rings is 2. The molecule has 0 radical (unpaired) electrons. The van der Waals surface area contributed by atoms with Crippen LogP contribution in [0.3, 0.4) is 0 Å². The summed E-state index contributed by atoms with van der Waals surface area (Å²) < 4.78 is 6.22. The highest BCUT2D eigenvalue weighted by Crippen LogP contribution is 2.31. The van der Waals surface area contributed by atoms with Gasteiger partial charge in [0.2, 0.25) is 0 Å². The molecule has 3 aliphatic heterocycles. The van der Waals surface area contributed by atoms with Crippen LogP contribution in [0.25, 0.3) is 0 Å². The molecule has 5 rings (SSSR count). The maximum Gasteiger partial charge on any atom is 0.119 e. The van der Waals surface area contributed by atoms with Crippen molar-refractivity contribution < 1.29 is 4.74 Å². The highest BCUT2D eigenvalue weighted by Gasteiger charge is 2.35. The normalized spacial score (nSPS) is 25.5. The van der Waals surface area contributed by atoms with Gasteiger partial charge in [0.1, 0.15) is 11.9 Å².